The maximum absolute atomic E-state index is 13.6. The SMILES string of the molecule is Cc1ccc(S(=O)(=O)N=P(C#CN(C)c2ccccc2)(c2ccccc2)c2ccccc2)cc1. The van der Waals surface area contributed by atoms with Gasteiger partial charge in [0.1, 0.15) is 7.05 Å². The van der Waals surface area contributed by atoms with Crippen LogP contribution in [0.3, 0.4) is 0 Å². The Morgan fingerprint density at radius 3 is 1.68 bits per heavy atom. The van der Waals surface area contributed by atoms with E-state index in [2.05, 4.69) is 15.9 Å². The highest BCUT2D eigenvalue weighted by molar-refractivity contribution is 7.98. The number of hydrogen-bond donors (Lipinski definition) is 0. The van der Waals surface area contributed by atoms with E-state index in [4.69, 9.17) is 0 Å². The summed E-state index contributed by atoms with van der Waals surface area (Å²) in [6.45, 7) is 1.92. The van der Waals surface area contributed by atoms with E-state index in [1.54, 1.807) is 29.2 Å². The molecule has 0 atom stereocenters. The zero-order valence-corrected chi connectivity index (χ0v) is 20.7. The van der Waals surface area contributed by atoms with Crippen molar-refractivity contribution in [1.82, 2.24) is 0 Å². The molecule has 0 saturated carbocycles. The van der Waals surface area contributed by atoms with Gasteiger partial charge in [0.2, 0.25) is 0 Å². The highest BCUT2D eigenvalue weighted by Gasteiger charge is 2.28. The van der Waals surface area contributed by atoms with Gasteiger partial charge < -0.3 is 4.90 Å². The molecule has 0 saturated heterocycles. The van der Waals surface area contributed by atoms with E-state index in [-0.39, 0.29) is 4.90 Å². The van der Waals surface area contributed by atoms with E-state index >= 15 is 0 Å². The van der Waals surface area contributed by atoms with Crippen LogP contribution in [-0.4, -0.2) is 15.5 Å². The molecule has 0 aliphatic rings. The van der Waals surface area contributed by atoms with Crippen molar-refractivity contribution in [3.8, 4) is 11.7 Å². The molecule has 0 aliphatic carbocycles. The Labute approximate surface area is 202 Å². The van der Waals surface area contributed by atoms with Gasteiger partial charge in [-0.3, -0.25) is 0 Å². The molecular formula is C28H25N2O2PS. The molecule has 0 bridgehead atoms. The van der Waals surface area contributed by atoms with Crippen molar-refractivity contribution in [3.63, 3.8) is 0 Å². The van der Waals surface area contributed by atoms with Crippen LogP contribution in [-0.2, 0) is 10.0 Å². The molecule has 6 heteroatoms. The van der Waals surface area contributed by atoms with Crippen molar-refractivity contribution in [3.05, 3.63) is 121 Å². The number of rotatable bonds is 5. The molecule has 4 nitrogen and oxygen atoms in total. The van der Waals surface area contributed by atoms with Gasteiger partial charge in [-0.05, 0) is 36.9 Å². The molecule has 4 aromatic carbocycles. The maximum Gasteiger partial charge on any atom is 0.282 e. The largest absolute Gasteiger partial charge is 0.304 e. The highest BCUT2D eigenvalue weighted by Crippen LogP contribution is 2.48. The van der Waals surface area contributed by atoms with Crippen molar-refractivity contribution in [1.29, 1.82) is 0 Å². The number of sulfonamides is 1. The molecule has 0 spiro atoms. The van der Waals surface area contributed by atoms with Gasteiger partial charge in [-0.15, -0.1) is 0 Å². The molecule has 0 N–H and O–H groups in total. The first kappa shape index (κ1) is 23.6. The predicted molar refractivity (Wildman–Crippen MR) is 142 cm³/mol. The normalized spacial score (nSPS) is 11.2. The van der Waals surface area contributed by atoms with Crippen LogP contribution in [0, 0.1) is 18.6 Å². The molecular weight excluding hydrogens is 459 g/mol. The third kappa shape index (κ3) is 5.15. The molecule has 170 valence electrons. The summed E-state index contributed by atoms with van der Waals surface area (Å²) in [4.78, 5) is 1.96. The summed E-state index contributed by atoms with van der Waals surface area (Å²) in [5.74, 6) is 0. The number of nitrogens with zero attached hydrogens (tertiary/aromatic N) is 2. The topological polar surface area (TPSA) is 49.7 Å². The van der Waals surface area contributed by atoms with Crippen molar-refractivity contribution in [2.45, 2.75) is 11.8 Å². The van der Waals surface area contributed by atoms with Crippen LogP contribution in [0.4, 0.5) is 5.69 Å². The maximum atomic E-state index is 13.6. The molecule has 0 heterocycles. The van der Waals surface area contributed by atoms with Crippen molar-refractivity contribution >= 4 is 33.4 Å². The summed E-state index contributed by atoms with van der Waals surface area (Å²) in [6, 6.07) is 38.7. The average Bonchev–Trinajstić information content (AvgIpc) is 2.88. The number of aryl methyl sites for hydroxylation is 1. The van der Waals surface area contributed by atoms with Crippen LogP contribution in [0.5, 0.6) is 0 Å². The molecule has 0 aromatic heterocycles. The van der Waals surface area contributed by atoms with Crippen LogP contribution in [0.15, 0.2) is 124 Å². The molecule has 0 fully saturated rings. The number of hydrogen-bond acceptors (Lipinski definition) is 3. The molecule has 0 aliphatic heterocycles. The zero-order chi connectivity index (χ0) is 24.0. The second kappa shape index (κ2) is 10.1. The molecule has 0 radical (unpaired) electrons. The van der Waals surface area contributed by atoms with Crippen molar-refractivity contribution < 1.29 is 8.42 Å². The number of benzene rings is 4. The van der Waals surface area contributed by atoms with Gasteiger partial charge in [-0.1, -0.05) is 96.6 Å². The standard InChI is InChI=1S/C28H25N2O2PS/c1-24-18-20-28(21-19-24)34(31,32)29-33(26-14-8-4-9-15-26,27-16-10-5-11-17-27)23-22-30(2)25-12-6-3-7-13-25/h3-21H,1-2H3. The van der Waals surface area contributed by atoms with Gasteiger partial charge in [0.05, 0.1) is 4.90 Å². The second-order valence-electron chi connectivity index (χ2n) is 7.79. The fourth-order valence-corrected chi connectivity index (χ4v) is 8.59. The van der Waals surface area contributed by atoms with Crippen LogP contribution in [0.25, 0.3) is 0 Å². The summed E-state index contributed by atoms with van der Waals surface area (Å²) in [5, 5.41) is 1.57. The van der Waals surface area contributed by atoms with Crippen molar-refractivity contribution in [2.24, 2.45) is 4.15 Å². The van der Waals surface area contributed by atoms with Gasteiger partial charge >= 0.3 is 0 Å². The fraction of sp³-hybridized carbons (Fsp3) is 0.0714. The molecule has 34 heavy (non-hydrogen) atoms. The molecule has 0 unspecified atom stereocenters. The quantitative estimate of drug-likeness (QED) is 0.211. The Morgan fingerprint density at radius 1 is 0.706 bits per heavy atom. The number of para-hydroxylation sites is 1. The Bertz CT molecular complexity index is 1430. The summed E-state index contributed by atoms with van der Waals surface area (Å²) < 4.78 is 31.8. The van der Waals surface area contributed by atoms with E-state index in [0.29, 0.717) is 0 Å². The predicted octanol–water partition coefficient (Wildman–Crippen LogP) is 5.59. The minimum Gasteiger partial charge on any atom is -0.304 e. The van der Waals surface area contributed by atoms with Crippen LogP contribution >= 0.6 is 7.05 Å². The van der Waals surface area contributed by atoms with E-state index < -0.39 is 17.1 Å². The lowest BCUT2D eigenvalue weighted by molar-refractivity contribution is 0.598. The first-order chi connectivity index (χ1) is 16.4. The lowest BCUT2D eigenvalue weighted by Crippen LogP contribution is -2.17. The van der Waals surface area contributed by atoms with Gasteiger partial charge in [0.25, 0.3) is 10.0 Å². The third-order valence-corrected chi connectivity index (χ3v) is 10.6. The Kier molecular flexibility index (Phi) is 7.03. The fourth-order valence-electron chi connectivity index (χ4n) is 3.46. The first-order valence-corrected chi connectivity index (χ1v) is 14.0. The minimum absolute atomic E-state index is 0.160. The van der Waals surface area contributed by atoms with Gasteiger partial charge in [-0.2, -0.15) is 12.6 Å². The van der Waals surface area contributed by atoms with Gasteiger partial charge in [0.15, 0.2) is 0 Å². The van der Waals surface area contributed by atoms with E-state index in [1.165, 1.54) is 0 Å². The third-order valence-electron chi connectivity index (χ3n) is 5.33. The summed E-state index contributed by atoms with van der Waals surface area (Å²) in [7, 11) is -5.17. The number of anilines is 1. The lowest BCUT2D eigenvalue weighted by Gasteiger charge is -2.21. The zero-order valence-electron chi connectivity index (χ0n) is 19.0. The summed E-state index contributed by atoms with van der Waals surface area (Å²) in [5.41, 5.74) is 5.24. The smallest absolute Gasteiger partial charge is 0.282 e. The van der Waals surface area contributed by atoms with Crippen LogP contribution in [0.1, 0.15) is 5.56 Å². The van der Waals surface area contributed by atoms with Gasteiger partial charge in [-0.25, -0.2) is 0 Å². The Balaban J connectivity index is 2.01. The van der Waals surface area contributed by atoms with Crippen molar-refractivity contribution in [2.75, 3.05) is 11.9 Å². The monoisotopic (exact) mass is 484 g/mol. The first-order valence-electron chi connectivity index (χ1n) is 10.8. The van der Waals surface area contributed by atoms with E-state index in [0.717, 1.165) is 21.9 Å². The Morgan fingerprint density at radius 2 is 1.18 bits per heavy atom. The van der Waals surface area contributed by atoms with Gasteiger partial charge in [0, 0.05) is 29.4 Å². The van der Waals surface area contributed by atoms with Crippen LogP contribution in [0.2, 0.25) is 0 Å². The molecule has 4 rings (SSSR count). The van der Waals surface area contributed by atoms with Crippen LogP contribution < -0.4 is 15.5 Å². The molecule has 4 aromatic rings. The lowest BCUT2D eigenvalue weighted by atomic mass is 10.2. The second-order valence-corrected chi connectivity index (χ2v) is 12.4. The molecule has 0 amide bonds. The summed E-state index contributed by atoms with van der Waals surface area (Å²) in [6.07, 6.45) is 0. The summed E-state index contributed by atoms with van der Waals surface area (Å²) >= 11 is 0. The highest BCUT2D eigenvalue weighted by atomic mass is 32.2. The van der Waals surface area contributed by atoms with E-state index in [9.17, 15) is 8.42 Å². The Hall–Kier alpha value is -3.58. The minimum atomic E-state index is -3.99. The van der Waals surface area contributed by atoms with E-state index in [1.807, 2.05) is 105 Å². The average molecular weight is 485 g/mol.